The third kappa shape index (κ3) is 3.28. The van der Waals surface area contributed by atoms with Crippen molar-refractivity contribution in [1.82, 2.24) is 20.2 Å². The Balaban J connectivity index is 2.22. The molecule has 0 radical (unpaired) electrons. The predicted molar refractivity (Wildman–Crippen MR) is 66.5 cm³/mol. The van der Waals surface area contributed by atoms with E-state index in [4.69, 9.17) is 9.84 Å². The SMILES string of the molecule is CC(C)C(CC(=O)O)n1nnnc1C1CCCCO1. The van der Waals surface area contributed by atoms with Crippen molar-refractivity contribution in [3.05, 3.63) is 5.82 Å². The monoisotopic (exact) mass is 268 g/mol. The second-order valence-corrected chi connectivity index (χ2v) is 5.25. The maximum Gasteiger partial charge on any atom is 0.305 e. The van der Waals surface area contributed by atoms with Crippen LogP contribution in [0.2, 0.25) is 0 Å². The van der Waals surface area contributed by atoms with Gasteiger partial charge in [0, 0.05) is 6.61 Å². The smallest absolute Gasteiger partial charge is 0.305 e. The topological polar surface area (TPSA) is 90.1 Å². The van der Waals surface area contributed by atoms with Crippen LogP contribution in [0.5, 0.6) is 0 Å². The highest BCUT2D eigenvalue weighted by molar-refractivity contribution is 5.67. The number of rotatable bonds is 5. The molecule has 1 N–H and O–H groups in total. The van der Waals surface area contributed by atoms with Crippen LogP contribution in [-0.2, 0) is 9.53 Å². The van der Waals surface area contributed by atoms with E-state index in [0.717, 1.165) is 19.3 Å². The van der Waals surface area contributed by atoms with E-state index in [-0.39, 0.29) is 24.5 Å². The van der Waals surface area contributed by atoms with Gasteiger partial charge in [0.2, 0.25) is 0 Å². The van der Waals surface area contributed by atoms with Crippen LogP contribution in [0.1, 0.15) is 57.5 Å². The number of carboxylic acids is 1. The van der Waals surface area contributed by atoms with Crippen molar-refractivity contribution >= 4 is 5.97 Å². The summed E-state index contributed by atoms with van der Waals surface area (Å²) in [6.45, 7) is 4.66. The molecule has 2 heterocycles. The zero-order chi connectivity index (χ0) is 13.8. The van der Waals surface area contributed by atoms with Crippen LogP contribution in [-0.4, -0.2) is 37.9 Å². The molecule has 1 aromatic rings. The molecule has 2 unspecified atom stereocenters. The lowest BCUT2D eigenvalue weighted by Gasteiger charge is -2.25. The largest absolute Gasteiger partial charge is 0.481 e. The molecule has 2 rings (SSSR count). The first kappa shape index (κ1) is 13.9. The molecule has 1 aliphatic rings. The molecule has 0 aromatic carbocycles. The number of tetrazole rings is 1. The minimum absolute atomic E-state index is 0.0163. The van der Waals surface area contributed by atoms with Gasteiger partial charge in [-0.3, -0.25) is 4.79 Å². The Bertz CT molecular complexity index is 426. The van der Waals surface area contributed by atoms with E-state index < -0.39 is 5.97 Å². The third-order valence-corrected chi connectivity index (χ3v) is 3.45. The molecular formula is C12H20N4O3. The lowest BCUT2D eigenvalue weighted by atomic mass is 10.0. The summed E-state index contributed by atoms with van der Waals surface area (Å²) in [5.41, 5.74) is 0. The lowest BCUT2D eigenvalue weighted by molar-refractivity contribution is -0.138. The number of ether oxygens (including phenoxy) is 1. The van der Waals surface area contributed by atoms with Gasteiger partial charge in [-0.2, -0.15) is 0 Å². The van der Waals surface area contributed by atoms with Crippen LogP contribution in [0.25, 0.3) is 0 Å². The number of carbonyl (C=O) groups is 1. The Morgan fingerprint density at radius 1 is 1.53 bits per heavy atom. The van der Waals surface area contributed by atoms with Crippen molar-refractivity contribution in [2.75, 3.05) is 6.61 Å². The first-order valence-electron chi connectivity index (χ1n) is 6.70. The van der Waals surface area contributed by atoms with Crippen LogP contribution in [0.4, 0.5) is 0 Å². The molecule has 106 valence electrons. The summed E-state index contributed by atoms with van der Waals surface area (Å²) in [5.74, 6) is -0.0497. The van der Waals surface area contributed by atoms with Crippen molar-refractivity contribution < 1.29 is 14.6 Å². The molecule has 0 aliphatic carbocycles. The minimum Gasteiger partial charge on any atom is -0.481 e. The number of nitrogens with zero attached hydrogens (tertiary/aromatic N) is 4. The highest BCUT2D eigenvalue weighted by Gasteiger charge is 2.28. The molecule has 0 bridgehead atoms. The number of hydrogen-bond acceptors (Lipinski definition) is 5. The van der Waals surface area contributed by atoms with Crippen molar-refractivity contribution in [2.45, 2.75) is 51.7 Å². The maximum atomic E-state index is 11.0. The minimum atomic E-state index is -0.843. The van der Waals surface area contributed by atoms with Gasteiger partial charge in [0.1, 0.15) is 6.10 Å². The molecule has 7 nitrogen and oxygen atoms in total. The zero-order valence-corrected chi connectivity index (χ0v) is 11.3. The number of hydrogen-bond donors (Lipinski definition) is 1. The molecule has 1 fully saturated rings. The van der Waals surface area contributed by atoms with E-state index in [9.17, 15) is 4.79 Å². The Hall–Kier alpha value is -1.50. The fourth-order valence-corrected chi connectivity index (χ4v) is 2.38. The van der Waals surface area contributed by atoms with Gasteiger partial charge in [-0.15, -0.1) is 5.10 Å². The lowest BCUT2D eigenvalue weighted by Crippen LogP contribution is -2.25. The van der Waals surface area contributed by atoms with Gasteiger partial charge in [0.25, 0.3) is 0 Å². The molecule has 0 amide bonds. The molecule has 1 aliphatic heterocycles. The predicted octanol–water partition coefficient (Wildman–Crippen LogP) is 1.59. The Labute approximate surface area is 111 Å². The van der Waals surface area contributed by atoms with Crippen molar-refractivity contribution in [1.29, 1.82) is 0 Å². The summed E-state index contributed by atoms with van der Waals surface area (Å²) >= 11 is 0. The normalized spacial score (nSPS) is 21.5. The molecular weight excluding hydrogens is 248 g/mol. The molecule has 1 aromatic heterocycles. The second-order valence-electron chi connectivity index (χ2n) is 5.25. The third-order valence-electron chi connectivity index (χ3n) is 3.45. The van der Waals surface area contributed by atoms with Crippen LogP contribution in [0, 0.1) is 5.92 Å². The van der Waals surface area contributed by atoms with E-state index in [0.29, 0.717) is 12.4 Å². The Morgan fingerprint density at radius 3 is 2.89 bits per heavy atom. The Morgan fingerprint density at radius 2 is 2.32 bits per heavy atom. The average Bonchev–Trinajstić information content (AvgIpc) is 2.85. The molecule has 2 atom stereocenters. The van der Waals surface area contributed by atoms with Gasteiger partial charge in [0.05, 0.1) is 12.5 Å². The van der Waals surface area contributed by atoms with E-state index in [1.54, 1.807) is 4.68 Å². The standard InChI is InChI=1S/C12H20N4O3/c1-8(2)9(7-11(17)18)16-12(13-14-15-16)10-5-3-4-6-19-10/h8-10H,3-7H2,1-2H3,(H,17,18). The molecule has 7 heteroatoms. The molecule has 0 spiro atoms. The van der Waals surface area contributed by atoms with Crippen molar-refractivity contribution in [2.24, 2.45) is 5.92 Å². The van der Waals surface area contributed by atoms with Gasteiger partial charge in [-0.05, 0) is 35.6 Å². The van der Waals surface area contributed by atoms with E-state index in [1.807, 2.05) is 13.8 Å². The van der Waals surface area contributed by atoms with Crippen LogP contribution >= 0.6 is 0 Å². The van der Waals surface area contributed by atoms with E-state index in [2.05, 4.69) is 15.5 Å². The summed E-state index contributed by atoms with van der Waals surface area (Å²) in [4.78, 5) is 11.0. The fourth-order valence-electron chi connectivity index (χ4n) is 2.38. The van der Waals surface area contributed by atoms with Crippen molar-refractivity contribution in [3.8, 4) is 0 Å². The highest BCUT2D eigenvalue weighted by Crippen LogP contribution is 2.30. The second kappa shape index (κ2) is 6.10. The van der Waals surface area contributed by atoms with Gasteiger partial charge >= 0.3 is 5.97 Å². The molecule has 19 heavy (non-hydrogen) atoms. The first-order valence-corrected chi connectivity index (χ1v) is 6.70. The average molecular weight is 268 g/mol. The quantitative estimate of drug-likeness (QED) is 0.872. The highest BCUT2D eigenvalue weighted by atomic mass is 16.5. The van der Waals surface area contributed by atoms with Crippen LogP contribution < -0.4 is 0 Å². The number of carboxylic acid groups (broad SMARTS) is 1. The summed E-state index contributed by atoms with van der Waals surface area (Å²) in [5, 5.41) is 20.7. The molecule has 1 saturated heterocycles. The summed E-state index contributed by atoms with van der Waals surface area (Å²) in [6, 6.07) is -0.243. The van der Waals surface area contributed by atoms with Gasteiger partial charge in [-0.25, -0.2) is 4.68 Å². The maximum absolute atomic E-state index is 11.0. The fraction of sp³-hybridized carbons (Fsp3) is 0.833. The summed E-state index contributed by atoms with van der Waals surface area (Å²) in [7, 11) is 0. The van der Waals surface area contributed by atoms with E-state index in [1.165, 1.54) is 0 Å². The molecule has 0 saturated carbocycles. The van der Waals surface area contributed by atoms with Gasteiger partial charge in [0.15, 0.2) is 5.82 Å². The summed E-state index contributed by atoms with van der Waals surface area (Å²) < 4.78 is 7.32. The summed E-state index contributed by atoms with van der Waals surface area (Å²) in [6.07, 6.45) is 2.93. The van der Waals surface area contributed by atoms with Crippen LogP contribution in [0.3, 0.4) is 0 Å². The number of aromatic nitrogens is 4. The van der Waals surface area contributed by atoms with Crippen molar-refractivity contribution in [3.63, 3.8) is 0 Å². The van der Waals surface area contributed by atoms with Gasteiger partial charge < -0.3 is 9.84 Å². The van der Waals surface area contributed by atoms with Crippen LogP contribution in [0.15, 0.2) is 0 Å². The van der Waals surface area contributed by atoms with E-state index >= 15 is 0 Å². The zero-order valence-electron chi connectivity index (χ0n) is 11.3. The first-order chi connectivity index (χ1) is 9.09. The Kier molecular flexibility index (Phi) is 4.47. The van der Waals surface area contributed by atoms with Gasteiger partial charge in [-0.1, -0.05) is 13.8 Å². The number of aliphatic carboxylic acids is 1.